The van der Waals surface area contributed by atoms with Gasteiger partial charge in [0.15, 0.2) is 0 Å². The SMILES string of the molecule is CCC1(NS(=O)(=O)c2cccc(CNC(C)C)c2)CCC1. The molecule has 1 aliphatic rings. The monoisotopic (exact) mass is 310 g/mol. The first-order chi connectivity index (χ1) is 9.87. The molecule has 118 valence electrons. The summed E-state index contributed by atoms with van der Waals surface area (Å²) in [7, 11) is -3.43. The van der Waals surface area contributed by atoms with Crippen LogP contribution in [0.4, 0.5) is 0 Å². The molecule has 1 fully saturated rings. The third-order valence-corrected chi connectivity index (χ3v) is 5.84. The molecular formula is C16H26N2O2S. The highest BCUT2D eigenvalue weighted by atomic mass is 32.2. The van der Waals surface area contributed by atoms with Gasteiger partial charge in [-0.25, -0.2) is 13.1 Å². The van der Waals surface area contributed by atoms with Crippen molar-refractivity contribution in [3.63, 3.8) is 0 Å². The van der Waals surface area contributed by atoms with Gasteiger partial charge in [-0.2, -0.15) is 0 Å². The van der Waals surface area contributed by atoms with Crippen LogP contribution in [0.25, 0.3) is 0 Å². The van der Waals surface area contributed by atoms with Gasteiger partial charge in [0.05, 0.1) is 4.90 Å². The zero-order valence-corrected chi connectivity index (χ0v) is 14.0. The molecule has 0 atom stereocenters. The fraction of sp³-hybridized carbons (Fsp3) is 0.625. The number of hydrogen-bond donors (Lipinski definition) is 2. The molecule has 1 aromatic carbocycles. The largest absolute Gasteiger partial charge is 0.310 e. The molecule has 0 bridgehead atoms. The zero-order chi connectivity index (χ0) is 15.5. The molecule has 0 saturated heterocycles. The molecule has 1 saturated carbocycles. The summed E-state index contributed by atoms with van der Waals surface area (Å²) in [4.78, 5) is 0.366. The van der Waals surface area contributed by atoms with E-state index in [1.54, 1.807) is 12.1 Å². The fourth-order valence-electron chi connectivity index (χ4n) is 2.62. The van der Waals surface area contributed by atoms with E-state index in [0.29, 0.717) is 17.5 Å². The lowest BCUT2D eigenvalue weighted by Gasteiger charge is -2.41. The van der Waals surface area contributed by atoms with Crippen molar-refractivity contribution in [3.8, 4) is 0 Å². The van der Waals surface area contributed by atoms with Crippen molar-refractivity contribution in [2.45, 2.75) is 69.5 Å². The Morgan fingerprint density at radius 3 is 2.52 bits per heavy atom. The zero-order valence-electron chi connectivity index (χ0n) is 13.1. The van der Waals surface area contributed by atoms with Gasteiger partial charge in [-0.1, -0.05) is 32.9 Å². The lowest BCUT2D eigenvalue weighted by Crippen LogP contribution is -2.52. The summed E-state index contributed by atoms with van der Waals surface area (Å²) in [6.07, 6.45) is 3.84. The molecule has 1 aliphatic carbocycles. The maximum Gasteiger partial charge on any atom is 0.241 e. The number of hydrogen-bond acceptors (Lipinski definition) is 3. The van der Waals surface area contributed by atoms with Crippen molar-refractivity contribution in [2.24, 2.45) is 0 Å². The van der Waals surface area contributed by atoms with E-state index >= 15 is 0 Å². The van der Waals surface area contributed by atoms with Crippen LogP contribution in [-0.4, -0.2) is 20.0 Å². The van der Waals surface area contributed by atoms with E-state index in [1.165, 1.54) is 0 Å². The first kappa shape index (κ1) is 16.5. The molecule has 1 aromatic rings. The van der Waals surface area contributed by atoms with Crippen LogP contribution in [0.5, 0.6) is 0 Å². The standard InChI is InChI=1S/C16H26N2O2S/c1-4-16(9-6-10-16)18-21(19,20)15-8-5-7-14(11-15)12-17-13(2)3/h5,7-8,11,13,17-18H,4,6,9-10,12H2,1-3H3. The Labute approximate surface area is 128 Å². The van der Waals surface area contributed by atoms with Gasteiger partial charge in [-0.3, -0.25) is 0 Å². The topological polar surface area (TPSA) is 58.2 Å². The van der Waals surface area contributed by atoms with Crippen LogP contribution in [0.3, 0.4) is 0 Å². The van der Waals surface area contributed by atoms with Crippen LogP contribution < -0.4 is 10.0 Å². The Balaban J connectivity index is 2.14. The minimum Gasteiger partial charge on any atom is -0.310 e. The van der Waals surface area contributed by atoms with Crippen molar-refractivity contribution in [1.29, 1.82) is 0 Å². The van der Waals surface area contributed by atoms with Gasteiger partial charge in [-0.05, 0) is 43.4 Å². The predicted octanol–water partition coefficient (Wildman–Crippen LogP) is 2.80. The van der Waals surface area contributed by atoms with Crippen molar-refractivity contribution in [3.05, 3.63) is 29.8 Å². The first-order valence-corrected chi connectivity index (χ1v) is 9.21. The summed E-state index contributed by atoms with van der Waals surface area (Å²) < 4.78 is 28.0. The summed E-state index contributed by atoms with van der Waals surface area (Å²) in [6, 6.07) is 7.57. The summed E-state index contributed by atoms with van der Waals surface area (Å²) in [6.45, 7) is 6.87. The highest BCUT2D eigenvalue weighted by Crippen LogP contribution is 2.36. The van der Waals surface area contributed by atoms with E-state index in [-0.39, 0.29) is 5.54 Å². The Kier molecular flexibility index (Phi) is 5.07. The maximum absolute atomic E-state index is 12.6. The quantitative estimate of drug-likeness (QED) is 0.814. The molecule has 0 heterocycles. The van der Waals surface area contributed by atoms with E-state index in [1.807, 2.05) is 19.1 Å². The molecule has 0 amide bonds. The second-order valence-corrected chi connectivity index (χ2v) is 7.96. The van der Waals surface area contributed by atoms with Crippen molar-refractivity contribution in [1.82, 2.24) is 10.0 Å². The Bertz CT molecular complexity index is 572. The van der Waals surface area contributed by atoms with E-state index in [9.17, 15) is 8.42 Å². The van der Waals surface area contributed by atoms with E-state index in [0.717, 1.165) is 31.2 Å². The summed E-state index contributed by atoms with van der Waals surface area (Å²) >= 11 is 0. The highest BCUT2D eigenvalue weighted by Gasteiger charge is 2.39. The van der Waals surface area contributed by atoms with Gasteiger partial charge < -0.3 is 5.32 Å². The van der Waals surface area contributed by atoms with Gasteiger partial charge in [0.1, 0.15) is 0 Å². The van der Waals surface area contributed by atoms with Crippen LogP contribution in [-0.2, 0) is 16.6 Å². The summed E-state index contributed by atoms with van der Waals surface area (Å²) in [5.41, 5.74) is 0.774. The van der Waals surface area contributed by atoms with Gasteiger partial charge in [0.25, 0.3) is 0 Å². The van der Waals surface area contributed by atoms with Gasteiger partial charge in [0.2, 0.25) is 10.0 Å². The van der Waals surface area contributed by atoms with Crippen molar-refractivity contribution in [2.75, 3.05) is 0 Å². The van der Waals surface area contributed by atoms with Crippen molar-refractivity contribution >= 4 is 10.0 Å². The molecule has 0 spiro atoms. The number of benzene rings is 1. The second kappa shape index (κ2) is 6.46. The average molecular weight is 310 g/mol. The molecule has 2 rings (SSSR count). The summed E-state index contributed by atoms with van der Waals surface area (Å²) in [5, 5.41) is 3.31. The fourth-order valence-corrected chi connectivity index (χ4v) is 4.22. The van der Waals surface area contributed by atoms with Crippen LogP contribution in [0.1, 0.15) is 52.0 Å². The Hall–Kier alpha value is -0.910. The lowest BCUT2D eigenvalue weighted by atomic mass is 9.76. The lowest BCUT2D eigenvalue weighted by molar-refractivity contribution is 0.214. The second-order valence-electron chi connectivity index (χ2n) is 6.28. The number of sulfonamides is 1. The van der Waals surface area contributed by atoms with E-state index in [2.05, 4.69) is 23.9 Å². The predicted molar refractivity (Wildman–Crippen MR) is 85.6 cm³/mol. The van der Waals surface area contributed by atoms with Gasteiger partial charge in [0, 0.05) is 18.1 Å². The Morgan fingerprint density at radius 2 is 2.00 bits per heavy atom. The minimum absolute atomic E-state index is 0.217. The molecule has 0 aliphatic heterocycles. The van der Waals surface area contributed by atoms with Gasteiger partial charge in [-0.15, -0.1) is 0 Å². The average Bonchev–Trinajstić information content (AvgIpc) is 2.41. The minimum atomic E-state index is -3.43. The van der Waals surface area contributed by atoms with Crippen LogP contribution in [0, 0.1) is 0 Å². The normalized spacial score (nSPS) is 17.7. The number of rotatable bonds is 7. The van der Waals surface area contributed by atoms with E-state index in [4.69, 9.17) is 0 Å². The van der Waals surface area contributed by atoms with Crippen LogP contribution in [0.15, 0.2) is 29.2 Å². The molecule has 4 nitrogen and oxygen atoms in total. The molecule has 5 heteroatoms. The number of nitrogens with one attached hydrogen (secondary N) is 2. The van der Waals surface area contributed by atoms with E-state index < -0.39 is 10.0 Å². The maximum atomic E-state index is 12.6. The summed E-state index contributed by atoms with van der Waals surface area (Å²) in [5.74, 6) is 0. The third kappa shape index (κ3) is 4.05. The highest BCUT2D eigenvalue weighted by molar-refractivity contribution is 7.89. The molecule has 0 unspecified atom stereocenters. The van der Waals surface area contributed by atoms with Crippen LogP contribution >= 0.6 is 0 Å². The Morgan fingerprint density at radius 1 is 1.29 bits per heavy atom. The molecule has 0 aromatic heterocycles. The smallest absolute Gasteiger partial charge is 0.241 e. The molecule has 2 N–H and O–H groups in total. The van der Waals surface area contributed by atoms with Gasteiger partial charge >= 0.3 is 0 Å². The first-order valence-electron chi connectivity index (χ1n) is 7.73. The molecule has 21 heavy (non-hydrogen) atoms. The molecular weight excluding hydrogens is 284 g/mol. The van der Waals surface area contributed by atoms with Crippen molar-refractivity contribution < 1.29 is 8.42 Å². The third-order valence-electron chi connectivity index (χ3n) is 4.26. The van der Waals surface area contributed by atoms with Crippen LogP contribution in [0.2, 0.25) is 0 Å². The molecule has 0 radical (unpaired) electrons.